The first-order chi connectivity index (χ1) is 9.89. The second-order valence-corrected chi connectivity index (χ2v) is 6.59. The average Bonchev–Trinajstić information content (AvgIpc) is 2.97. The van der Waals surface area contributed by atoms with Gasteiger partial charge in [0.05, 0.1) is 5.54 Å². The lowest BCUT2D eigenvalue weighted by Crippen LogP contribution is -2.62. The van der Waals surface area contributed by atoms with Gasteiger partial charge in [0.1, 0.15) is 12.1 Å². The highest BCUT2D eigenvalue weighted by atomic mass is 15.3. The van der Waals surface area contributed by atoms with Crippen LogP contribution in [0, 0.1) is 0 Å². The van der Waals surface area contributed by atoms with E-state index in [1.54, 1.807) is 6.33 Å². The Bertz CT molecular complexity index is 485. The fourth-order valence-corrected chi connectivity index (χ4v) is 4.41. The molecule has 1 aromatic rings. The number of hydrogen-bond acceptors (Lipinski definition) is 4. The minimum Gasteiger partial charge on any atom is -0.348 e. The number of anilines is 1. The summed E-state index contributed by atoms with van der Waals surface area (Å²) in [5.41, 5.74) is 3.07. The van der Waals surface area contributed by atoms with E-state index in [1.165, 1.54) is 62.0 Å². The molecular weight excluding hydrogens is 248 g/mol. The summed E-state index contributed by atoms with van der Waals surface area (Å²) in [5, 5.41) is 3.63. The van der Waals surface area contributed by atoms with Gasteiger partial charge in [0, 0.05) is 30.9 Å². The SMILES string of the molecule is c1nc2c(c(N3CCNCC34CCCCC4)n1)CCC2. The van der Waals surface area contributed by atoms with Gasteiger partial charge in [-0.05, 0) is 32.1 Å². The number of aryl methyl sites for hydroxylation is 1. The van der Waals surface area contributed by atoms with Crippen LogP contribution in [-0.2, 0) is 12.8 Å². The molecule has 2 aliphatic carbocycles. The molecule has 1 saturated heterocycles. The molecule has 4 rings (SSSR count). The quantitative estimate of drug-likeness (QED) is 0.850. The molecule has 0 radical (unpaired) electrons. The molecule has 20 heavy (non-hydrogen) atoms. The largest absolute Gasteiger partial charge is 0.348 e. The van der Waals surface area contributed by atoms with Crippen LogP contribution in [0.25, 0.3) is 0 Å². The van der Waals surface area contributed by atoms with Crippen LogP contribution in [0.5, 0.6) is 0 Å². The predicted molar refractivity (Wildman–Crippen MR) is 80.1 cm³/mol. The van der Waals surface area contributed by atoms with Crippen LogP contribution in [-0.4, -0.2) is 35.1 Å². The minimum absolute atomic E-state index is 0.321. The first-order valence-corrected chi connectivity index (χ1v) is 8.20. The number of rotatable bonds is 1. The molecule has 108 valence electrons. The van der Waals surface area contributed by atoms with E-state index < -0.39 is 0 Å². The molecule has 2 fully saturated rings. The van der Waals surface area contributed by atoms with Gasteiger partial charge in [-0.1, -0.05) is 19.3 Å². The number of hydrogen-bond donors (Lipinski definition) is 1. The Kier molecular flexibility index (Phi) is 3.14. The Hall–Kier alpha value is -1.16. The van der Waals surface area contributed by atoms with Gasteiger partial charge in [-0.25, -0.2) is 9.97 Å². The van der Waals surface area contributed by atoms with Crippen molar-refractivity contribution in [1.29, 1.82) is 0 Å². The van der Waals surface area contributed by atoms with Gasteiger partial charge in [0.2, 0.25) is 0 Å². The van der Waals surface area contributed by atoms with Gasteiger partial charge >= 0.3 is 0 Å². The highest BCUT2D eigenvalue weighted by molar-refractivity contribution is 5.53. The third-order valence-corrected chi connectivity index (χ3v) is 5.43. The maximum Gasteiger partial charge on any atom is 0.135 e. The summed E-state index contributed by atoms with van der Waals surface area (Å²) in [6, 6.07) is 0. The van der Waals surface area contributed by atoms with Gasteiger partial charge in [-0.15, -0.1) is 0 Å². The normalized spacial score (nSPS) is 24.9. The number of nitrogens with zero attached hydrogens (tertiary/aromatic N) is 3. The molecular formula is C16H24N4. The van der Waals surface area contributed by atoms with Crippen molar-refractivity contribution in [2.24, 2.45) is 0 Å². The van der Waals surface area contributed by atoms with Crippen molar-refractivity contribution >= 4 is 5.82 Å². The summed E-state index contributed by atoms with van der Waals surface area (Å²) in [5.74, 6) is 1.26. The van der Waals surface area contributed by atoms with E-state index >= 15 is 0 Å². The molecule has 0 atom stereocenters. The number of fused-ring (bicyclic) bond motifs is 1. The Morgan fingerprint density at radius 3 is 2.85 bits per heavy atom. The Morgan fingerprint density at radius 1 is 1.05 bits per heavy atom. The molecule has 0 aromatic carbocycles. The van der Waals surface area contributed by atoms with Crippen molar-refractivity contribution in [1.82, 2.24) is 15.3 Å². The lowest BCUT2D eigenvalue weighted by atomic mass is 9.79. The monoisotopic (exact) mass is 272 g/mol. The lowest BCUT2D eigenvalue weighted by Gasteiger charge is -2.51. The standard InChI is InChI=1S/C16H24N4/c1-2-7-16(8-3-1)11-17-9-10-20(16)15-13-5-4-6-14(13)18-12-19-15/h12,17H,1-11H2. The molecule has 2 heterocycles. The third-order valence-electron chi connectivity index (χ3n) is 5.43. The van der Waals surface area contributed by atoms with Crippen LogP contribution in [0.1, 0.15) is 49.8 Å². The zero-order chi connectivity index (χ0) is 13.4. The summed E-state index contributed by atoms with van der Waals surface area (Å²) < 4.78 is 0. The highest BCUT2D eigenvalue weighted by Gasteiger charge is 2.41. The molecule has 0 amide bonds. The van der Waals surface area contributed by atoms with Crippen LogP contribution < -0.4 is 10.2 Å². The highest BCUT2D eigenvalue weighted by Crippen LogP contribution is 2.39. The van der Waals surface area contributed by atoms with Crippen molar-refractivity contribution in [3.63, 3.8) is 0 Å². The zero-order valence-corrected chi connectivity index (χ0v) is 12.2. The Labute approximate surface area is 121 Å². The van der Waals surface area contributed by atoms with Gasteiger partial charge < -0.3 is 10.2 Å². The van der Waals surface area contributed by atoms with Crippen LogP contribution in [0.4, 0.5) is 5.82 Å². The number of piperazine rings is 1. The van der Waals surface area contributed by atoms with E-state index in [0.717, 1.165) is 26.1 Å². The maximum absolute atomic E-state index is 4.71. The van der Waals surface area contributed by atoms with E-state index in [4.69, 9.17) is 4.98 Å². The van der Waals surface area contributed by atoms with Crippen LogP contribution >= 0.6 is 0 Å². The minimum atomic E-state index is 0.321. The van der Waals surface area contributed by atoms with E-state index in [0.29, 0.717) is 5.54 Å². The van der Waals surface area contributed by atoms with Crippen molar-refractivity contribution in [2.45, 2.75) is 56.9 Å². The van der Waals surface area contributed by atoms with Crippen LogP contribution in [0.15, 0.2) is 6.33 Å². The zero-order valence-electron chi connectivity index (χ0n) is 12.2. The molecule has 0 bridgehead atoms. The summed E-state index contributed by atoms with van der Waals surface area (Å²) in [4.78, 5) is 11.9. The molecule has 1 aromatic heterocycles. The first-order valence-electron chi connectivity index (χ1n) is 8.20. The lowest BCUT2D eigenvalue weighted by molar-refractivity contribution is 0.239. The maximum atomic E-state index is 4.71. The van der Waals surface area contributed by atoms with Crippen LogP contribution in [0.3, 0.4) is 0 Å². The van der Waals surface area contributed by atoms with Crippen molar-refractivity contribution < 1.29 is 0 Å². The van der Waals surface area contributed by atoms with Crippen LogP contribution in [0.2, 0.25) is 0 Å². The average molecular weight is 272 g/mol. The predicted octanol–water partition coefficient (Wildman–Crippen LogP) is 2.08. The van der Waals surface area contributed by atoms with E-state index in [9.17, 15) is 0 Å². The summed E-state index contributed by atoms with van der Waals surface area (Å²) in [7, 11) is 0. The molecule has 3 aliphatic rings. The summed E-state index contributed by atoms with van der Waals surface area (Å²) >= 11 is 0. The van der Waals surface area contributed by atoms with E-state index in [-0.39, 0.29) is 0 Å². The van der Waals surface area contributed by atoms with Crippen molar-refractivity contribution in [2.75, 3.05) is 24.5 Å². The fraction of sp³-hybridized carbons (Fsp3) is 0.750. The molecule has 1 N–H and O–H groups in total. The molecule has 4 heteroatoms. The van der Waals surface area contributed by atoms with E-state index in [2.05, 4.69) is 15.2 Å². The van der Waals surface area contributed by atoms with Crippen molar-refractivity contribution in [3.05, 3.63) is 17.6 Å². The Balaban J connectivity index is 1.73. The second kappa shape index (κ2) is 4.99. The van der Waals surface area contributed by atoms with Gasteiger partial charge in [-0.2, -0.15) is 0 Å². The molecule has 0 unspecified atom stereocenters. The third kappa shape index (κ3) is 1.93. The van der Waals surface area contributed by atoms with Gasteiger partial charge in [-0.3, -0.25) is 0 Å². The fourth-order valence-electron chi connectivity index (χ4n) is 4.41. The van der Waals surface area contributed by atoms with E-state index in [1.807, 2.05) is 0 Å². The topological polar surface area (TPSA) is 41.1 Å². The Morgan fingerprint density at radius 2 is 1.95 bits per heavy atom. The first kappa shape index (κ1) is 12.6. The molecule has 1 saturated carbocycles. The smallest absolute Gasteiger partial charge is 0.135 e. The van der Waals surface area contributed by atoms with Crippen molar-refractivity contribution in [3.8, 4) is 0 Å². The number of aromatic nitrogens is 2. The molecule has 1 spiro atoms. The summed E-state index contributed by atoms with van der Waals surface area (Å²) in [6.45, 7) is 3.32. The van der Waals surface area contributed by atoms with Gasteiger partial charge in [0.25, 0.3) is 0 Å². The second-order valence-electron chi connectivity index (χ2n) is 6.59. The molecule has 4 nitrogen and oxygen atoms in total. The van der Waals surface area contributed by atoms with Gasteiger partial charge in [0.15, 0.2) is 0 Å². The number of nitrogens with one attached hydrogen (secondary N) is 1. The summed E-state index contributed by atoms with van der Waals surface area (Å²) in [6.07, 6.45) is 12.1. The molecule has 1 aliphatic heterocycles.